The van der Waals surface area contributed by atoms with Crippen molar-refractivity contribution >= 4 is 27.3 Å². The minimum atomic E-state index is -3.62. The quantitative estimate of drug-likeness (QED) is 0.700. The van der Waals surface area contributed by atoms with Gasteiger partial charge in [-0.05, 0) is 51.0 Å². The van der Waals surface area contributed by atoms with E-state index in [-0.39, 0.29) is 18.3 Å². The van der Waals surface area contributed by atoms with Crippen molar-refractivity contribution in [3.8, 4) is 5.75 Å². The van der Waals surface area contributed by atoms with Gasteiger partial charge in [0.2, 0.25) is 15.9 Å². The SMILES string of the molecule is C=CCN1C(=O)C(C)(C)COc2cc(NS(=O)(=O)Cc3cc(C)ccc3C)ccc21. The zero-order chi connectivity index (χ0) is 22.1. The van der Waals surface area contributed by atoms with Crippen LogP contribution < -0.4 is 14.4 Å². The van der Waals surface area contributed by atoms with Gasteiger partial charge in [0.25, 0.3) is 0 Å². The van der Waals surface area contributed by atoms with Gasteiger partial charge in [-0.25, -0.2) is 8.42 Å². The number of carbonyl (C=O) groups excluding carboxylic acids is 1. The van der Waals surface area contributed by atoms with Gasteiger partial charge in [-0.1, -0.05) is 29.8 Å². The number of aryl methyl sites for hydroxylation is 2. The van der Waals surface area contributed by atoms with Crippen LogP contribution in [0, 0.1) is 19.3 Å². The first-order valence-electron chi connectivity index (χ1n) is 9.79. The summed E-state index contributed by atoms with van der Waals surface area (Å²) in [5.74, 6) is 0.277. The number of sulfonamides is 1. The molecule has 0 bridgehead atoms. The van der Waals surface area contributed by atoms with Crippen molar-refractivity contribution in [1.82, 2.24) is 0 Å². The molecule has 0 spiro atoms. The maximum absolute atomic E-state index is 12.9. The fourth-order valence-electron chi connectivity index (χ4n) is 3.40. The molecule has 0 aromatic heterocycles. The van der Waals surface area contributed by atoms with Gasteiger partial charge in [0, 0.05) is 12.6 Å². The van der Waals surface area contributed by atoms with Crippen molar-refractivity contribution < 1.29 is 17.9 Å². The number of hydrogen-bond donors (Lipinski definition) is 1. The lowest BCUT2D eigenvalue weighted by Crippen LogP contribution is -2.42. The molecule has 30 heavy (non-hydrogen) atoms. The number of nitrogens with one attached hydrogen (secondary N) is 1. The third-order valence-corrected chi connectivity index (χ3v) is 6.34. The second kappa shape index (κ2) is 8.14. The number of nitrogens with zero attached hydrogens (tertiary/aromatic N) is 1. The van der Waals surface area contributed by atoms with Crippen LogP contribution in [-0.2, 0) is 20.6 Å². The highest BCUT2D eigenvalue weighted by Gasteiger charge is 2.37. The van der Waals surface area contributed by atoms with E-state index in [9.17, 15) is 13.2 Å². The predicted molar refractivity (Wildman–Crippen MR) is 120 cm³/mol. The highest BCUT2D eigenvalue weighted by molar-refractivity contribution is 7.91. The molecule has 7 heteroatoms. The van der Waals surface area contributed by atoms with Gasteiger partial charge in [-0.2, -0.15) is 0 Å². The van der Waals surface area contributed by atoms with Crippen LogP contribution in [0.1, 0.15) is 30.5 Å². The average molecular weight is 429 g/mol. The molecule has 2 aromatic rings. The fourth-order valence-corrected chi connectivity index (χ4v) is 4.68. The maximum atomic E-state index is 12.9. The largest absolute Gasteiger partial charge is 0.490 e. The number of ether oxygens (including phenoxy) is 1. The summed E-state index contributed by atoms with van der Waals surface area (Å²) in [6.45, 7) is 11.8. The fraction of sp³-hybridized carbons (Fsp3) is 0.348. The number of carbonyl (C=O) groups is 1. The molecule has 1 amide bonds. The molecule has 2 aromatic carbocycles. The van der Waals surface area contributed by atoms with Crippen molar-refractivity contribution in [2.45, 2.75) is 33.4 Å². The van der Waals surface area contributed by atoms with E-state index in [0.717, 1.165) is 16.7 Å². The van der Waals surface area contributed by atoms with Gasteiger partial charge in [0.05, 0.1) is 22.5 Å². The van der Waals surface area contributed by atoms with Crippen molar-refractivity contribution in [1.29, 1.82) is 0 Å². The molecule has 0 atom stereocenters. The molecule has 0 saturated heterocycles. The lowest BCUT2D eigenvalue weighted by Gasteiger charge is -2.27. The highest BCUT2D eigenvalue weighted by Crippen LogP contribution is 2.38. The minimum Gasteiger partial charge on any atom is -0.490 e. The lowest BCUT2D eigenvalue weighted by atomic mass is 9.93. The second-order valence-electron chi connectivity index (χ2n) is 8.35. The minimum absolute atomic E-state index is 0.0654. The van der Waals surface area contributed by atoms with Crippen LogP contribution in [0.2, 0.25) is 0 Å². The molecule has 0 radical (unpaired) electrons. The third-order valence-electron chi connectivity index (χ3n) is 5.10. The van der Waals surface area contributed by atoms with E-state index >= 15 is 0 Å². The van der Waals surface area contributed by atoms with Crippen LogP contribution >= 0.6 is 0 Å². The molecule has 0 unspecified atom stereocenters. The highest BCUT2D eigenvalue weighted by atomic mass is 32.2. The summed E-state index contributed by atoms with van der Waals surface area (Å²) < 4.78 is 34.0. The summed E-state index contributed by atoms with van der Waals surface area (Å²) in [5, 5.41) is 0. The molecule has 0 saturated carbocycles. The number of hydrogen-bond acceptors (Lipinski definition) is 4. The van der Waals surface area contributed by atoms with Crippen LogP contribution in [0.25, 0.3) is 0 Å². The van der Waals surface area contributed by atoms with E-state index in [0.29, 0.717) is 23.7 Å². The molecule has 6 nitrogen and oxygen atoms in total. The zero-order valence-corrected chi connectivity index (χ0v) is 18.7. The van der Waals surface area contributed by atoms with E-state index in [1.165, 1.54) is 0 Å². The summed E-state index contributed by atoms with van der Waals surface area (Å²) in [6, 6.07) is 10.7. The average Bonchev–Trinajstić information content (AvgIpc) is 2.75. The van der Waals surface area contributed by atoms with E-state index in [1.807, 2.05) is 45.9 Å². The number of amides is 1. The Kier molecular flexibility index (Phi) is 5.94. The van der Waals surface area contributed by atoms with Crippen molar-refractivity contribution in [3.63, 3.8) is 0 Å². The first-order valence-corrected chi connectivity index (χ1v) is 11.4. The number of rotatable bonds is 6. The summed E-state index contributed by atoms with van der Waals surface area (Å²) in [6.07, 6.45) is 1.66. The number of anilines is 2. The van der Waals surface area contributed by atoms with E-state index in [2.05, 4.69) is 11.3 Å². The standard InChI is InChI=1S/C23H28N2O4S/c1-6-11-25-20-10-9-19(13-21(20)29-15-23(4,5)22(25)26)24-30(27,28)14-18-12-16(2)7-8-17(18)3/h6-10,12-13,24H,1,11,14-15H2,2-5H3. The summed E-state index contributed by atoms with van der Waals surface area (Å²) >= 11 is 0. The van der Waals surface area contributed by atoms with Crippen LogP contribution in [0.15, 0.2) is 49.1 Å². The van der Waals surface area contributed by atoms with Gasteiger partial charge in [0.15, 0.2) is 0 Å². The molecule has 0 fully saturated rings. The topological polar surface area (TPSA) is 75.7 Å². The van der Waals surface area contributed by atoms with Gasteiger partial charge < -0.3 is 9.64 Å². The maximum Gasteiger partial charge on any atom is 0.236 e. The molecule has 0 aliphatic carbocycles. The first-order chi connectivity index (χ1) is 14.0. The normalized spacial score (nSPS) is 15.7. The molecular formula is C23H28N2O4S. The van der Waals surface area contributed by atoms with Crippen molar-refractivity contribution in [2.24, 2.45) is 5.41 Å². The van der Waals surface area contributed by atoms with Crippen LogP contribution in [0.5, 0.6) is 5.75 Å². The Morgan fingerprint density at radius 2 is 1.93 bits per heavy atom. The summed E-state index contributed by atoms with van der Waals surface area (Å²) in [5.41, 5.74) is 2.99. The molecule has 1 aliphatic rings. The zero-order valence-electron chi connectivity index (χ0n) is 17.9. The monoisotopic (exact) mass is 428 g/mol. The Hall–Kier alpha value is -2.80. The Balaban J connectivity index is 1.89. The van der Waals surface area contributed by atoms with Crippen molar-refractivity contribution in [3.05, 3.63) is 65.7 Å². The van der Waals surface area contributed by atoms with Gasteiger partial charge in [0.1, 0.15) is 12.4 Å². The van der Waals surface area contributed by atoms with E-state index in [1.54, 1.807) is 29.2 Å². The van der Waals surface area contributed by atoms with E-state index < -0.39 is 15.4 Å². The Labute approximate surface area is 178 Å². The van der Waals surface area contributed by atoms with Crippen molar-refractivity contribution in [2.75, 3.05) is 22.8 Å². The molecule has 1 aliphatic heterocycles. The lowest BCUT2D eigenvalue weighted by molar-refractivity contribution is -0.127. The first kappa shape index (κ1) is 21.9. The Bertz CT molecular complexity index is 1090. The number of fused-ring (bicyclic) bond motifs is 1. The second-order valence-corrected chi connectivity index (χ2v) is 10.1. The van der Waals surface area contributed by atoms with Crippen LogP contribution in [0.4, 0.5) is 11.4 Å². The molecule has 160 valence electrons. The van der Waals surface area contributed by atoms with Gasteiger partial charge in [-0.3, -0.25) is 9.52 Å². The van der Waals surface area contributed by atoms with Crippen LogP contribution in [-0.4, -0.2) is 27.5 Å². The Morgan fingerprint density at radius 3 is 2.63 bits per heavy atom. The summed E-state index contributed by atoms with van der Waals surface area (Å²) in [4.78, 5) is 14.5. The number of benzene rings is 2. The smallest absolute Gasteiger partial charge is 0.236 e. The Morgan fingerprint density at radius 1 is 1.20 bits per heavy atom. The molecule has 1 heterocycles. The molecule has 1 N–H and O–H groups in total. The van der Waals surface area contributed by atoms with E-state index in [4.69, 9.17) is 4.74 Å². The predicted octanol–water partition coefficient (Wildman–Crippen LogP) is 4.18. The molecular weight excluding hydrogens is 400 g/mol. The van der Waals surface area contributed by atoms with Gasteiger partial charge >= 0.3 is 0 Å². The van der Waals surface area contributed by atoms with Crippen LogP contribution in [0.3, 0.4) is 0 Å². The molecule has 3 rings (SSSR count). The summed E-state index contributed by atoms with van der Waals surface area (Å²) in [7, 11) is -3.62. The third kappa shape index (κ3) is 4.67. The van der Waals surface area contributed by atoms with Gasteiger partial charge in [-0.15, -0.1) is 6.58 Å².